The van der Waals surface area contributed by atoms with Gasteiger partial charge in [0.25, 0.3) is 0 Å². The van der Waals surface area contributed by atoms with Gasteiger partial charge in [-0.1, -0.05) is 17.7 Å². The summed E-state index contributed by atoms with van der Waals surface area (Å²) < 4.78 is 40.2. The molecular weight excluding hydrogens is 407 g/mol. The number of H-pyrrole nitrogens is 1. The highest BCUT2D eigenvalue weighted by molar-refractivity contribution is 6.29. The van der Waals surface area contributed by atoms with Crippen molar-refractivity contribution in [1.29, 1.82) is 0 Å². The fourth-order valence-electron chi connectivity index (χ4n) is 3.54. The lowest BCUT2D eigenvalue weighted by molar-refractivity contribution is -0.138. The van der Waals surface area contributed by atoms with Gasteiger partial charge in [-0.3, -0.25) is 0 Å². The first-order chi connectivity index (χ1) is 13.9. The third kappa shape index (κ3) is 3.00. The predicted molar refractivity (Wildman–Crippen MR) is 98.7 cm³/mol. The lowest BCUT2D eigenvalue weighted by Gasteiger charge is -2.33. The van der Waals surface area contributed by atoms with Crippen LogP contribution in [0.4, 0.5) is 19.1 Å². The van der Waals surface area contributed by atoms with Gasteiger partial charge in [-0.05, 0) is 18.2 Å². The molecule has 11 heteroatoms. The van der Waals surface area contributed by atoms with E-state index in [1.807, 2.05) is 18.2 Å². The molecular formula is C18H13ClF3N7. The molecule has 4 aromatic heterocycles. The molecule has 7 nitrogen and oxygen atoms in total. The Balaban J connectivity index is 1.61. The summed E-state index contributed by atoms with van der Waals surface area (Å²) in [5, 5.41) is 5.05. The molecule has 1 N–H and O–H groups in total. The summed E-state index contributed by atoms with van der Waals surface area (Å²) in [5.74, 6) is 0.180. The van der Waals surface area contributed by atoms with E-state index < -0.39 is 17.8 Å². The Hall–Kier alpha value is -3.14. The summed E-state index contributed by atoms with van der Waals surface area (Å²) in [6, 6.07) is 6.83. The highest BCUT2D eigenvalue weighted by atomic mass is 35.5. The number of alkyl halides is 3. The Morgan fingerprint density at radius 2 is 1.93 bits per heavy atom. The number of hydrogen-bond acceptors (Lipinski definition) is 5. The molecule has 5 rings (SSSR count). The smallest absolute Gasteiger partial charge is 0.348 e. The van der Waals surface area contributed by atoms with Crippen LogP contribution in [-0.4, -0.2) is 36.1 Å². The summed E-state index contributed by atoms with van der Waals surface area (Å²) in [7, 11) is 0. The fourth-order valence-corrected chi connectivity index (χ4v) is 3.75. The molecule has 0 saturated heterocycles. The number of rotatable bonds is 2. The molecule has 0 aromatic carbocycles. The van der Waals surface area contributed by atoms with E-state index in [2.05, 4.69) is 25.0 Å². The van der Waals surface area contributed by atoms with Crippen LogP contribution in [0.5, 0.6) is 0 Å². The number of hydrogen-bond donors (Lipinski definition) is 1. The van der Waals surface area contributed by atoms with E-state index in [1.54, 1.807) is 21.8 Å². The van der Waals surface area contributed by atoms with Gasteiger partial charge in [0.1, 0.15) is 11.2 Å². The molecule has 29 heavy (non-hydrogen) atoms. The van der Waals surface area contributed by atoms with Crippen molar-refractivity contribution in [2.75, 3.05) is 11.4 Å². The number of aromatic amines is 1. The number of halogens is 4. The van der Waals surface area contributed by atoms with Crippen LogP contribution in [0.3, 0.4) is 0 Å². The van der Waals surface area contributed by atoms with Crippen molar-refractivity contribution in [3.8, 4) is 0 Å². The van der Waals surface area contributed by atoms with Crippen molar-refractivity contribution in [2.24, 2.45) is 0 Å². The van der Waals surface area contributed by atoms with E-state index in [1.165, 1.54) is 0 Å². The molecule has 0 saturated carbocycles. The maximum atomic E-state index is 12.9. The number of nitrogens with one attached hydrogen (secondary N) is 1. The molecule has 0 unspecified atom stereocenters. The lowest BCUT2D eigenvalue weighted by atomic mass is 10.0. The normalized spacial score (nSPS) is 17.0. The minimum absolute atomic E-state index is 0.180. The first-order valence-corrected chi connectivity index (χ1v) is 9.12. The molecule has 1 atom stereocenters. The van der Waals surface area contributed by atoms with Gasteiger partial charge in [0.15, 0.2) is 0 Å². The number of pyridine rings is 1. The second kappa shape index (κ2) is 6.45. The number of anilines is 1. The molecule has 5 heterocycles. The van der Waals surface area contributed by atoms with Crippen molar-refractivity contribution in [3.63, 3.8) is 0 Å². The average molecular weight is 420 g/mol. The largest absolute Gasteiger partial charge is 0.419 e. The molecule has 0 bridgehead atoms. The van der Waals surface area contributed by atoms with Gasteiger partial charge in [0, 0.05) is 31.1 Å². The molecule has 0 spiro atoms. The van der Waals surface area contributed by atoms with E-state index >= 15 is 0 Å². The Bertz CT molecular complexity index is 1180. The Labute approximate surface area is 167 Å². The van der Waals surface area contributed by atoms with Gasteiger partial charge in [0.2, 0.25) is 5.95 Å². The standard InChI is InChI=1S/C18H13ClF3N7/c19-14-3-1-2-11-6-13(27-29(11)14)16-15-12(25-9-26-15)4-5-28(16)17-23-7-10(8-24-17)18(20,21)22/h1-3,6-9,16H,4-5H2,(H,25,26)/t16-/m0/s1. The molecule has 0 fully saturated rings. The van der Waals surface area contributed by atoms with Crippen LogP contribution < -0.4 is 4.90 Å². The lowest BCUT2D eigenvalue weighted by Crippen LogP contribution is -2.37. The third-order valence-electron chi connectivity index (χ3n) is 4.89. The predicted octanol–water partition coefficient (Wildman–Crippen LogP) is 3.67. The maximum Gasteiger partial charge on any atom is 0.419 e. The fraction of sp³-hybridized carbons (Fsp3) is 0.222. The zero-order valence-electron chi connectivity index (χ0n) is 14.7. The van der Waals surface area contributed by atoms with Crippen LogP contribution in [-0.2, 0) is 12.6 Å². The second-order valence-electron chi connectivity index (χ2n) is 6.64. The minimum atomic E-state index is -4.49. The van der Waals surface area contributed by atoms with Gasteiger partial charge in [-0.15, -0.1) is 0 Å². The van der Waals surface area contributed by atoms with Crippen molar-refractivity contribution in [1.82, 2.24) is 29.5 Å². The van der Waals surface area contributed by atoms with Crippen LogP contribution in [0.15, 0.2) is 43.0 Å². The van der Waals surface area contributed by atoms with Gasteiger partial charge in [-0.25, -0.2) is 19.5 Å². The number of nitrogens with zero attached hydrogens (tertiary/aromatic N) is 6. The van der Waals surface area contributed by atoms with E-state index in [-0.39, 0.29) is 5.95 Å². The summed E-state index contributed by atoms with van der Waals surface area (Å²) in [6.07, 6.45) is -0.685. The quantitative estimate of drug-likeness (QED) is 0.502. The van der Waals surface area contributed by atoms with Crippen LogP contribution in [0, 0.1) is 0 Å². The Kier molecular flexibility index (Phi) is 3.98. The monoisotopic (exact) mass is 419 g/mol. The first-order valence-electron chi connectivity index (χ1n) is 8.74. The van der Waals surface area contributed by atoms with Gasteiger partial charge in [0.05, 0.1) is 28.8 Å². The highest BCUT2D eigenvalue weighted by Crippen LogP contribution is 2.36. The summed E-state index contributed by atoms with van der Waals surface area (Å²) in [5.41, 5.74) is 2.23. The van der Waals surface area contributed by atoms with Crippen molar-refractivity contribution in [2.45, 2.75) is 18.6 Å². The molecule has 4 aromatic rings. The van der Waals surface area contributed by atoms with Crippen molar-refractivity contribution >= 4 is 23.1 Å². The van der Waals surface area contributed by atoms with E-state index in [0.29, 0.717) is 23.8 Å². The van der Waals surface area contributed by atoms with Crippen LogP contribution in [0.2, 0.25) is 5.15 Å². The van der Waals surface area contributed by atoms with E-state index in [9.17, 15) is 13.2 Å². The van der Waals surface area contributed by atoms with Crippen molar-refractivity contribution < 1.29 is 13.2 Å². The van der Waals surface area contributed by atoms with Gasteiger partial charge < -0.3 is 9.88 Å². The number of imidazole rings is 1. The minimum Gasteiger partial charge on any atom is -0.348 e. The Morgan fingerprint density at radius 1 is 1.14 bits per heavy atom. The summed E-state index contributed by atoms with van der Waals surface area (Å²) in [4.78, 5) is 17.3. The zero-order chi connectivity index (χ0) is 20.2. The van der Waals surface area contributed by atoms with E-state index in [4.69, 9.17) is 11.6 Å². The SMILES string of the molecule is FC(F)(F)c1cnc(N2CCc3[nH]cnc3[C@@H]2c2cc3cccc(Cl)n3n2)nc1. The van der Waals surface area contributed by atoms with Crippen LogP contribution in [0.1, 0.15) is 28.7 Å². The Morgan fingerprint density at radius 3 is 2.66 bits per heavy atom. The third-order valence-corrected chi connectivity index (χ3v) is 5.17. The molecule has 1 aliphatic rings. The second-order valence-corrected chi connectivity index (χ2v) is 7.02. The molecule has 0 radical (unpaired) electrons. The average Bonchev–Trinajstić information content (AvgIpc) is 3.34. The zero-order valence-corrected chi connectivity index (χ0v) is 15.5. The number of fused-ring (bicyclic) bond motifs is 2. The molecule has 0 amide bonds. The summed E-state index contributed by atoms with van der Waals surface area (Å²) in [6.45, 7) is 0.493. The molecule has 0 aliphatic carbocycles. The maximum absolute atomic E-state index is 12.9. The molecule has 148 valence electrons. The van der Waals surface area contributed by atoms with E-state index in [0.717, 1.165) is 29.3 Å². The summed E-state index contributed by atoms with van der Waals surface area (Å²) >= 11 is 6.24. The van der Waals surface area contributed by atoms with Crippen LogP contribution in [0.25, 0.3) is 5.52 Å². The van der Waals surface area contributed by atoms with Gasteiger partial charge in [-0.2, -0.15) is 18.3 Å². The van der Waals surface area contributed by atoms with Gasteiger partial charge >= 0.3 is 6.18 Å². The number of aromatic nitrogens is 6. The van der Waals surface area contributed by atoms with Crippen LogP contribution >= 0.6 is 11.6 Å². The highest BCUT2D eigenvalue weighted by Gasteiger charge is 2.36. The molecule has 1 aliphatic heterocycles. The topological polar surface area (TPSA) is 75.0 Å². The van der Waals surface area contributed by atoms with Crippen molar-refractivity contribution in [3.05, 3.63) is 70.8 Å². The first kappa shape index (κ1) is 17.9.